The van der Waals surface area contributed by atoms with Crippen LogP contribution >= 0.6 is 0 Å². The summed E-state index contributed by atoms with van der Waals surface area (Å²) in [5.41, 5.74) is -7.15. The molecule has 1 heterocycles. The zero-order valence-corrected chi connectivity index (χ0v) is 35.1. The van der Waals surface area contributed by atoms with Crippen LogP contribution in [0.5, 0.6) is 0 Å². The molecule has 2 aromatic carbocycles. The van der Waals surface area contributed by atoms with Gasteiger partial charge in [-0.1, -0.05) is 76.2 Å². The first-order valence-corrected chi connectivity index (χ1v) is 20.3. The van der Waals surface area contributed by atoms with Gasteiger partial charge in [0.25, 0.3) is 0 Å². The Morgan fingerprint density at radius 3 is 2.10 bits per heavy atom. The monoisotopic (exact) mass is 833 g/mol. The van der Waals surface area contributed by atoms with Crippen LogP contribution in [-0.4, -0.2) is 105 Å². The number of nitrogens with one attached hydrogen (secondary N) is 1. The molecule has 4 aliphatic rings. The second-order valence-corrected chi connectivity index (χ2v) is 17.3. The molecule has 324 valence electrons. The van der Waals surface area contributed by atoms with Crippen molar-refractivity contribution in [2.24, 2.45) is 22.7 Å². The summed E-state index contributed by atoms with van der Waals surface area (Å²) >= 11 is 0. The number of carbonyl (C=O) groups excluding carboxylic acids is 6. The number of rotatable bonds is 11. The molecule has 0 radical (unpaired) electrons. The zero-order valence-electron chi connectivity index (χ0n) is 35.1. The van der Waals surface area contributed by atoms with E-state index < -0.39 is 119 Å². The maximum atomic E-state index is 15.4. The summed E-state index contributed by atoms with van der Waals surface area (Å²) in [6.07, 6.45) is -9.88. The highest BCUT2D eigenvalue weighted by molar-refractivity contribution is 5.95. The molecule has 2 saturated carbocycles. The minimum absolute atomic E-state index is 0.00887. The van der Waals surface area contributed by atoms with Crippen LogP contribution < -0.4 is 5.32 Å². The van der Waals surface area contributed by atoms with Crippen LogP contribution in [-0.2, 0) is 47.7 Å². The summed E-state index contributed by atoms with van der Waals surface area (Å²) in [5.74, 6) is -7.06. The molecule has 1 saturated heterocycles. The van der Waals surface area contributed by atoms with Gasteiger partial charge in [-0.2, -0.15) is 0 Å². The predicted molar refractivity (Wildman–Crippen MR) is 211 cm³/mol. The molecule has 0 unspecified atom stereocenters. The van der Waals surface area contributed by atoms with E-state index in [2.05, 4.69) is 5.32 Å². The van der Waals surface area contributed by atoms with Crippen LogP contribution in [0.2, 0.25) is 0 Å². The summed E-state index contributed by atoms with van der Waals surface area (Å²) in [6.45, 7) is 11.5. The van der Waals surface area contributed by atoms with Crippen LogP contribution in [0.15, 0.2) is 71.8 Å². The average Bonchev–Trinajstić information content (AvgIpc) is 3.20. The van der Waals surface area contributed by atoms with Crippen molar-refractivity contribution in [3.63, 3.8) is 0 Å². The number of ether oxygens (including phenoxy) is 5. The van der Waals surface area contributed by atoms with Crippen molar-refractivity contribution in [2.75, 3.05) is 6.61 Å². The summed E-state index contributed by atoms with van der Waals surface area (Å²) in [7, 11) is 0. The summed E-state index contributed by atoms with van der Waals surface area (Å²) in [6, 6.07) is 14.9. The van der Waals surface area contributed by atoms with Gasteiger partial charge in [0.1, 0.15) is 23.9 Å². The number of aliphatic hydroxyl groups excluding tert-OH is 2. The molecule has 12 atom stereocenters. The Morgan fingerprint density at radius 1 is 0.933 bits per heavy atom. The topological polar surface area (TPSA) is 221 Å². The van der Waals surface area contributed by atoms with Gasteiger partial charge in [0.15, 0.2) is 23.6 Å². The maximum Gasteiger partial charge on any atom is 0.338 e. The molecule has 6 rings (SSSR count). The molecule has 0 aromatic heterocycles. The Bertz CT molecular complexity index is 2050. The molecule has 60 heavy (non-hydrogen) atoms. The van der Waals surface area contributed by atoms with Crippen LogP contribution in [0.1, 0.15) is 96.6 Å². The van der Waals surface area contributed by atoms with Gasteiger partial charge in [-0.15, -0.1) is 0 Å². The normalized spacial score (nSPS) is 33.1. The van der Waals surface area contributed by atoms with Crippen molar-refractivity contribution in [2.45, 2.75) is 129 Å². The molecule has 2 bridgehead atoms. The molecule has 3 aliphatic carbocycles. The maximum absolute atomic E-state index is 15.4. The molecular formula is C45H55NO14. The van der Waals surface area contributed by atoms with Gasteiger partial charge in [0.05, 0.1) is 35.6 Å². The molecule has 2 aromatic rings. The molecule has 15 nitrogen and oxygen atoms in total. The van der Waals surface area contributed by atoms with Crippen LogP contribution in [0.4, 0.5) is 0 Å². The summed E-state index contributed by atoms with van der Waals surface area (Å²) < 4.78 is 30.2. The van der Waals surface area contributed by atoms with E-state index in [-0.39, 0.29) is 29.7 Å². The van der Waals surface area contributed by atoms with Crippen molar-refractivity contribution in [3.8, 4) is 0 Å². The molecular weight excluding hydrogens is 778 g/mol. The minimum Gasteiger partial charge on any atom is -0.456 e. The lowest BCUT2D eigenvalue weighted by atomic mass is 9.44. The number of benzene rings is 2. The number of Topliss-reactive ketones (excluding diaryl/α,β-unsaturated/α-hetero) is 1. The number of hydrogen-bond donors (Lipinski definition) is 4. The van der Waals surface area contributed by atoms with E-state index in [1.54, 1.807) is 69.3 Å². The summed E-state index contributed by atoms with van der Waals surface area (Å²) in [4.78, 5) is 83.0. The van der Waals surface area contributed by atoms with Gasteiger partial charge >= 0.3 is 23.9 Å². The van der Waals surface area contributed by atoms with E-state index in [0.29, 0.717) is 12.0 Å². The summed E-state index contributed by atoms with van der Waals surface area (Å²) in [5, 5.41) is 40.1. The smallest absolute Gasteiger partial charge is 0.338 e. The van der Waals surface area contributed by atoms with Gasteiger partial charge in [-0.3, -0.25) is 19.2 Å². The largest absolute Gasteiger partial charge is 0.456 e. The van der Waals surface area contributed by atoms with E-state index >= 15 is 4.79 Å². The molecule has 1 aliphatic heterocycles. The van der Waals surface area contributed by atoms with Gasteiger partial charge in [-0.05, 0) is 49.1 Å². The van der Waals surface area contributed by atoms with Crippen LogP contribution in [0.25, 0.3) is 0 Å². The standard InChI is InChI=1S/C45H55NO14/c1-9-23(2)39(52)46-33(27-16-12-10-13-17-27)34(50)41(54)58-29-21-45(55)38(59-40(53)28-18-14-11-15-19-28)36-43(8,30(49)20-31-44(36,22-56-31)60-26(5)48)37(51)35(57-25(4)47)32(24(29)3)42(45,6)7/h10-19,23,29-31,33-36,38,49-50,55H,9,20-22H2,1-8H3,(H,46,52)/t23-,29-,30+,31+,33+,34-,35+,36+,38-,43+,44-,45+/m0/s1. The molecule has 0 spiro atoms. The first-order chi connectivity index (χ1) is 28.1. The Hall–Kier alpha value is -4.96. The highest BCUT2D eigenvalue weighted by atomic mass is 16.6. The first kappa shape index (κ1) is 44.6. The number of carbonyl (C=O) groups is 6. The number of aliphatic hydroxyl groups is 3. The zero-order chi connectivity index (χ0) is 44.1. The lowest BCUT2D eigenvalue weighted by molar-refractivity contribution is -0.346. The van der Waals surface area contributed by atoms with Crippen molar-refractivity contribution in [1.29, 1.82) is 0 Å². The number of ketones is 1. The number of fused-ring (bicyclic) bond motifs is 5. The fourth-order valence-electron chi connectivity index (χ4n) is 9.85. The quantitative estimate of drug-likeness (QED) is 0.145. The second kappa shape index (κ2) is 16.5. The fourth-order valence-corrected chi connectivity index (χ4v) is 9.85. The van der Waals surface area contributed by atoms with Crippen molar-refractivity contribution >= 4 is 35.6 Å². The third-order valence-corrected chi connectivity index (χ3v) is 13.5. The predicted octanol–water partition coefficient (Wildman–Crippen LogP) is 3.47. The Kier molecular flexibility index (Phi) is 12.2. The van der Waals surface area contributed by atoms with E-state index in [0.717, 1.165) is 13.8 Å². The van der Waals surface area contributed by atoms with Gasteiger partial charge in [-0.25, -0.2) is 9.59 Å². The van der Waals surface area contributed by atoms with Crippen LogP contribution in [0, 0.1) is 22.7 Å². The minimum atomic E-state index is -2.37. The number of esters is 4. The molecule has 1 amide bonds. The van der Waals surface area contributed by atoms with E-state index in [1.807, 2.05) is 6.92 Å². The molecule has 4 N–H and O–H groups in total. The second-order valence-electron chi connectivity index (χ2n) is 17.3. The molecule has 3 fully saturated rings. The molecule has 15 heteroatoms. The van der Waals surface area contributed by atoms with Gasteiger partial charge in [0.2, 0.25) is 5.91 Å². The SMILES string of the molecule is CC[C@H](C)C(=O)N[C@H](c1ccccc1)[C@H](O)C(=O)O[C@H]1C[C@@]2(O)[C@@H](OC(=O)c3ccccc3)[C@H]3[C@]4(OC(C)=O)CO[C@@H]4C[C@@H](O)[C@@]3(C)C(=O)[C@H](OC(C)=O)C(=C1C)C2(C)C. The fraction of sp³-hybridized carbons (Fsp3) is 0.556. The van der Waals surface area contributed by atoms with E-state index in [1.165, 1.54) is 26.0 Å². The first-order valence-electron chi connectivity index (χ1n) is 20.3. The third kappa shape index (κ3) is 7.32. The Morgan fingerprint density at radius 2 is 1.55 bits per heavy atom. The number of hydrogen-bond acceptors (Lipinski definition) is 14. The van der Waals surface area contributed by atoms with Crippen molar-refractivity contribution in [3.05, 3.63) is 82.9 Å². The van der Waals surface area contributed by atoms with Gasteiger partial charge < -0.3 is 44.3 Å². The lowest BCUT2D eigenvalue weighted by Crippen LogP contribution is -2.82. The van der Waals surface area contributed by atoms with Crippen molar-refractivity contribution in [1.82, 2.24) is 5.32 Å². The Labute approximate surface area is 348 Å². The van der Waals surface area contributed by atoms with Gasteiger partial charge in [0, 0.05) is 38.0 Å². The van der Waals surface area contributed by atoms with E-state index in [4.69, 9.17) is 23.7 Å². The highest BCUT2D eigenvalue weighted by Crippen LogP contribution is 2.64. The number of amides is 1. The van der Waals surface area contributed by atoms with Crippen LogP contribution in [0.3, 0.4) is 0 Å². The lowest BCUT2D eigenvalue weighted by Gasteiger charge is -2.67. The Balaban J connectivity index is 1.55. The third-order valence-electron chi connectivity index (χ3n) is 13.5. The van der Waals surface area contributed by atoms with E-state index in [9.17, 15) is 39.3 Å². The highest BCUT2D eigenvalue weighted by Gasteiger charge is 2.78. The van der Waals surface area contributed by atoms with Crippen molar-refractivity contribution < 1.29 is 67.8 Å². The average molecular weight is 834 g/mol.